The van der Waals surface area contributed by atoms with Crippen LogP contribution in [0.3, 0.4) is 0 Å². The van der Waals surface area contributed by atoms with Crippen LogP contribution in [0.25, 0.3) is 10.8 Å². The van der Waals surface area contributed by atoms with Crippen LogP contribution in [0.2, 0.25) is 5.02 Å². The van der Waals surface area contributed by atoms with Crippen LogP contribution in [0.4, 0.5) is 0 Å². The third-order valence-electron chi connectivity index (χ3n) is 1.87. The van der Waals surface area contributed by atoms with Crippen LogP contribution in [-0.2, 0) is 0 Å². The van der Waals surface area contributed by atoms with Gasteiger partial charge < -0.3 is 4.98 Å². The molecule has 1 aromatic heterocycles. The fourth-order valence-electron chi connectivity index (χ4n) is 1.20. The highest BCUT2D eigenvalue weighted by Gasteiger charge is 2.00. The summed E-state index contributed by atoms with van der Waals surface area (Å²) in [6.45, 7) is 2.01. The monoisotopic (exact) mass is 165 g/mol. The molecule has 2 rings (SSSR count). The summed E-state index contributed by atoms with van der Waals surface area (Å²) in [7, 11) is 0. The van der Waals surface area contributed by atoms with Gasteiger partial charge in [0.2, 0.25) is 0 Å². The standard InChI is InChI=1S/C9H8ClN/c1-6-2-3-7-4-11-5-8(7)9(6)10/h2-5,11H,1H3. The fourth-order valence-corrected chi connectivity index (χ4v) is 1.43. The molecule has 0 spiro atoms. The van der Waals surface area contributed by atoms with E-state index in [-0.39, 0.29) is 0 Å². The Labute approximate surface area is 70.0 Å². The molecule has 0 saturated heterocycles. The zero-order chi connectivity index (χ0) is 7.84. The molecule has 0 unspecified atom stereocenters. The van der Waals surface area contributed by atoms with E-state index in [0.29, 0.717) is 0 Å². The number of hydrogen-bond donors (Lipinski definition) is 1. The second-order valence-corrected chi connectivity index (χ2v) is 3.03. The van der Waals surface area contributed by atoms with Gasteiger partial charge >= 0.3 is 0 Å². The summed E-state index contributed by atoms with van der Waals surface area (Å²) < 4.78 is 0. The first kappa shape index (κ1) is 6.74. The minimum atomic E-state index is 0.851. The maximum Gasteiger partial charge on any atom is 0.0528 e. The number of aromatic amines is 1. The van der Waals surface area contributed by atoms with E-state index < -0.39 is 0 Å². The summed E-state index contributed by atoms with van der Waals surface area (Å²) >= 11 is 6.05. The van der Waals surface area contributed by atoms with Crippen LogP contribution >= 0.6 is 11.6 Å². The zero-order valence-electron chi connectivity index (χ0n) is 6.19. The van der Waals surface area contributed by atoms with Gasteiger partial charge in [0.15, 0.2) is 0 Å². The number of hydrogen-bond acceptors (Lipinski definition) is 0. The Morgan fingerprint density at radius 3 is 2.91 bits per heavy atom. The number of nitrogens with one attached hydrogen (secondary N) is 1. The molecular formula is C9H8ClN. The second kappa shape index (κ2) is 2.28. The molecule has 0 bridgehead atoms. The fraction of sp³-hybridized carbons (Fsp3) is 0.111. The maximum absolute atomic E-state index is 6.05. The Bertz CT molecular complexity index is 389. The Balaban J connectivity index is 2.93. The van der Waals surface area contributed by atoms with Crippen LogP contribution in [0.1, 0.15) is 5.56 Å². The van der Waals surface area contributed by atoms with E-state index >= 15 is 0 Å². The molecule has 11 heavy (non-hydrogen) atoms. The number of aromatic nitrogens is 1. The lowest BCUT2D eigenvalue weighted by atomic mass is 10.1. The van der Waals surface area contributed by atoms with Gasteiger partial charge in [-0.25, -0.2) is 0 Å². The van der Waals surface area contributed by atoms with Crippen molar-refractivity contribution in [1.29, 1.82) is 0 Å². The zero-order valence-corrected chi connectivity index (χ0v) is 6.94. The van der Waals surface area contributed by atoms with Gasteiger partial charge in [0, 0.05) is 23.2 Å². The van der Waals surface area contributed by atoms with Gasteiger partial charge in [0.25, 0.3) is 0 Å². The lowest BCUT2D eigenvalue weighted by Crippen LogP contribution is -1.73. The molecule has 0 radical (unpaired) electrons. The van der Waals surface area contributed by atoms with Crippen LogP contribution in [0, 0.1) is 6.92 Å². The minimum Gasteiger partial charge on any atom is -0.366 e. The Morgan fingerprint density at radius 1 is 1.27 bits per heavy atom. The molecule has 0 atom stereocenters. The molecule has 2 aromatic rings. The molecule has 2 heteroatoms. The van der Waals surface area contributed by atoms with Crippen molar-refractivity contribution in [3.05, 3.63) is 35.1 Å². The number of fused-ring (bicyclic) bond motifs is 1. The van der Waals surface area contributed by atoms with Gasteiger partial charge in [-0.15, -0.1) is 0 Å². The molecule has 1 nitrogen and oxygen atoms in total. The summed E-state index contributed by atoms with van der Waals surface area (Å²) in [6, 6.07) is 4.09. The molecule has 0 amide bonds. The van der Waals surface area contributed by atoms with E-state index in [9.17, 15) is 0 Å². The molecule has 56 valence electrons. The molecule has 0 aliphatic carbocycles. The number of H-pyrrole nitrogens is 1. The van der Waals surface area contributed by atoms with E-state index in [2.05, 4.69) is 11.1 Å². The minimum absolute atomic E-state index is 0.851. The van der Waals surface area contributed by atoms with Gasteiger partial charge in [0.05, 0.1) is 5.02 Å². The number of benzene rings is 1. The number of rotatable bonds is 0. The molecule has 0 saturated carbocycles. The Morgan fingerprint density at radius 2 is 2.09 bits per heavy atom. The van der Waals surface area contributed by atoms with Gasteiger partial charge in [-0.05, 0) is 12.5 Å². The third-order valence-corrected chi connectivity index (χ3v) is 2.37. The van der Waals surface area contributed by atoms with Crippen molar-refractivity contribution < 1.29 is 0 Å². The summed E-state index contributed by atoms with van der Waals surface area (Å²) in [6.07, 6.45) is 3.87. The van der Waals surface area contributed by atoms with Crippen LogP contribution < -0.4 is 0 Å². The highest BCUT2D eigenvalue weighted by molar-refractivity contribution is 6.36. The van der Waals surface area contributed by atoms with E-state index in [4.69, 9.17) is 11.6 Å². The van der Waals surface area contributed by atoms with Crippen molar-refractivity contribution in [1.82, 2.24) is 4.98 Å². The van der Waals surface area contributed by atoms with Crippen LogP contribution in [-0.4, -0.2) is 4.98 Å². The lowest BCUT2D eigenvalue weighted by molar-refractivity contribution is 1.43. The highest BCUT2D eigenvalue weighted by atomic mass is 35.5. The molecule has 1 heterocycles. The number of halogens is 1. The average Bonchev–Trinajstić information content (AvgIpc) is 2.45. The first-order valence-electron chi connectivity index (χ1n) is 3.50. The molecule has 1 N–H and O–H groups in total. The quantitative estimate of drug-likeness (QED) is 0.618. The predicted octanol–water partition coefficient (Wildman–Crippen LogP) is 3.13. The summed E-state index contributed by atoms with van der Waals surface area (Å²) in [4.78, 5) is 3.02. The van der Waals surface area contributed by atoms with Crippen molar-refractivity contribution in [3.8, 4) is 0 Å². The molecule has 0 aliphatic heterocycles. The Hall–Kier alpha value is -0.950. The lowest BCUT2D eigenvalue weighted by Gasteiger charge is -1.96. The average molecular weight is 166 g/mol. The second-order valence-electron chi connectivity index (χ2n) is 2.65. The van der Waals surface area contributed by atoms with Gasteiger partial charge in [-0.2, -0.15) is 0 Å². The van der Waals surface area contributed by atoms with Gasteiger partial charge in [-0.1, -0.05) is 23.7 Å². The summed E-state index contributed by atoms with van der Waals surface area (Å²) in [5.74, 6) is 0. The third kappa shape index (κ3) is 0.925. The SMILES string of the molecule is Cc1ccc2c[nH]cc2c1Cl. The summed E-state index contributed by atoms with van der Waals surface area (Å²) in [5.41, 5.74) is 1.12. The number of aryl methyl sites for hydroxylation is 1. The molecular weight excluding hydrogens is 158 g/mol. The first-order chi connectivity index (χ1) is 5.29. The van der Waals surface area contributed by atoms with Gasteiger partial charge in [0.1, 0.15) is 0 Å². The van der Waals surface area contributed by atoms with Crippen molar-refractivity contribution in [2.24, 2.45) is 0 Å². The molecule has 1 aromatic carbocycles. The highest BCUT2D eigenvalue weighted by Crippen LogP contribution is 2.25. The normalized spacial score (nSPS) is 10.7. The topological polar surface area (TPSA) is 15.8 Å². The Kier molecular flexibility index (Phi) is 1.40. The van der Waals surface area contributed by atoms with E-state index in [1.165, 1.54) is 5.39 Å². The van der Waals surface area contributed by atoms with Crippen LogP contribution in [0.15, 0.2) is 24.5 Å². The van der Waals surface area contributed by atoms with Crippen molar-refractivity contribution in [3.63, 3.8) is 0 Å². The summed E-state index contributed by atoms with van der Waals surface area (Å²) in [5, 5.41) is 3.12. The molecule has 0 fully saturated rings. The van der Waals surface area contributed by atoms with Crippen molar-refractivity contribution in [2.45, 2.75) is 6.92 Å². The van der Waals surface area contributed by atoms with E-state index in [1.54, 1.807) is 0 Å². The van der Waals surface area contributed by atoms with E-state index in [1.807, 2.05) is 25.4 Å². The predicted molar refractivity (Wildman–Crippen MR) is 48.0 cm³/mol. The first-order valence-corrected chi connectivity index (χ1v) is 3.88. The largest absolute Gasteiger partial charge is 0.366 e. The maximum atomic E-state index is 6.05. The van der Waals surface area contributed by atoms with Gasteiger partial charge in [-0.3, -0.25) is 0 Å². The molecule has 0 aliphatic rings. The smallest absolute Gasteiger partial charge is 0.0528 e. The van der Waals surface area contributed by atoms with Crippen molar-refractivity contribution in [2.75, 3.05) is 0 Å². The van der Waals surface area contributed by atoms with Crippen molar-refractivity contribution >= 4 is 22.4 Å². The van der Waals surface area contributed by atoms with E-state index in [0.717, 1.165) is 16.0 Å². The van der Waals surface area contributed by atoms with Crippen LogP contribution in [0.5, 0.6) is 0 Å².